The van der Waals surface area contributed by atoms with E-state index in [1.54, 1.807) is 0 Å². The Morgan fingerprint density at radius 1 is 1.08 bits per heavy atom. The second kappa shape index (κ2) is 3.79. The fourth-order valence-electron chi connectivity index (χ4n) is 1.39. The minimum Gasteiger partial charge on any atom is -0.467 e. The summed E-state index contributed by atoms with van der Waals surface area (Å²) in [4.78, 5) is 0. The van der Waals surface area contributed by atoms with Crippen LogP contribution in [-0.4, -0.2) is 11.9 Å². The van der Waals surface area contributed by atoms with Crippen molar-refractivity contribution < 1.29 is 9.84 Å². The van der Waals surface area contributed by atoms with Gasteiger partial charge < -0.3 is 9.84 Å². The van der Waals surface area contributed by atoms with Crippen LogP contribution in [0.15, 0.2) is 6.07 Å². The first-order valence-electron chi connectivity index (χ1n) is 4.39. The second-order valence-corrected chi connectivity index (χ2v) is 3.34. The molecule has 0 amide bonds. The van der Waals surface area contributed by atoms with Crippen LogP contribution >= 0.6 is 0 Å². The molecule has 0 saturated heterocycles. The van der Waals surface area contributed by atoms with Crippen molar-refractivity contribution >= 4 is 0 Å². The van der Waals surface area contributed by atoms with Crippen molar-refractivity contribution in [2.75, 3.05) is 6.79 Å². The molecule has 0 atom stereocenters. The lowest BCUT2D eigenvalue weighted by Crippen LogP contribution is -2.00. The zero-order valence-electron chi connectivity index (χ0n) is 8.64. The molecule has 0 aliphatic rings. The van der Waals surface area contributed by atoms with E-state index in [-0.39, 0.29) is 6.79 Å². The Hall–Kier alpha value is -1.02. The van der Waals surface area contributed by atoms with Gasteiger partial charge in [0.05, 0.1) is 0 Å². The molecule has 0 saturated carbocycles. The normalized spacial score (nSPS) is 10.2. The Labute approximate surface area is 79.2 Å². The van der Waals surface area contributed by atoms with Gasteiger partial charge in [-0.1, -0.05) is 0 Å². The number of aryl methyl sites for hydroxylation is 1. The highest BCUT2D eigenvalue weighted by atomic mass is 16.6. The number of ether oxygens (including phenoxy) is 1. The van der Waals surface area contributed by atoms with Crippen molar-refractivity contribution in [3.8, 4) is 5.75 Å². The zero-order valence-corrected chi connectivity index (χ0v) is 8.64. The van der Waals surface area contributed by atoms with Crippen LogP contribution in [0.3, 0.4) is 0 Å². The van der Waals surface area contributed by atoms with Crippen LogP contribution in [0, 0.1) is 27.7 Å². The van der Waals surface area contributed by atoms with Crippen LogP contribution in [0.25, 0.3) is 0 Å². The molecule has 1 aromatic rings. The lowest BCUT2D eigenvalue weighted by molar-refractivity contribution is 0.0977. The minimum absolute atomic E-state index is 0.261. The molecular formula is C11H16O2. The van der Waals surface area contributed by atoms with E-state index in [1.165, 1.54) is 16.7 Å². The van der Waals surface area contributed by atoms with Gasteiger partial charge in [0.15, 0.2) is 6.79 Å². The van der Waals surface area contributed by atoms with Crippen LogP contribution in [0.2, 0.25) is 0 Å². The summed E-state index contributed by atoms with van der Waals surface area (Å²) in [5.41, 5.74) is 4.84. The SMILES string of the molecule is Cc1cc(OCO)c(C)c(C)c1C. The van der Waals surface area contributed by atoms with Crippen molar-refractivity contribution in [2.24, 2.45) is 0 Å². The topological polar surface area (TPSA) is 29.5 Å². The highest BCUT2D eigenvalue weighted by molar-refractivity contribution is 5.47. The average Bonchev–Trinajstić information content (AvgIpc) is 2.11. The van der Waals surface area contributed by atoms with Crippen LogP contribution in [0.1, 0.15) is 22.3 Å². The molecule has 0 spiro atoms. The van der Waals surface area contributed by atoms with Gasteiger partial charge in [0, 0.05) is 0 Å². The molecule has 0 aromatic heterocycles. The van der Waals surface area contributed by atoms with E-state index in [9.17, 15) is 0 Å². The van der Waals surface area contributed by atoms with Gasteiger partial charge in [-0.3, -0.25) is 0 Å². The van der Waals surface area contributed by atoms with Crippen molar-refractivity contribution in [3.63, 3.8) is 0 Å². The van der Waals surface area contributed by atoms with Crippen LogP contribution in [-0.2, 0) is 0 Å². The first-order valence-corrected chi connectivity index (χ1v) is 4.39. The molecule has 72 valence electrons. The predicted molar refractivity (Wildman–Crippen MR) is 53.1 cm³/mol. The first-order chi connectivity index (χ1) is 6.07. The summed E-state index contributed by atoms with van der Waals surface area (Å²) >= 11 is 0. The number of rotatable bonds is 2. The Morgan fingerprint density at radius 2 is 1.69 bits per heavy atom. The summed E-state index contributed by atoms with van der Waals surface area (Å²) in [5.74, 6) is 0.781. The van der Waals surface area contributed by atoms with Gasteiger partial charge in [-0.15, -0.1) is 0 Å². The Balaban J connectivity index is 3.24. The summed E-state index contributed by atoms with van der Waals surface area (Å²) in [5, 5.41) is 8.67. The van der Waals surface area contributed by atoms with Gasteiger partial charge in [0.2, 0.25) is 0 Å². The summed E-state index contributed by atoms with van der Waals surface area (Å²) in [6.07, 6.45) is 0. The summed E-state index contributed by atoms with van der Waals surface area (Å²) in [7, 11) is 0. The number of hydrogen-bond donors (Lipinski definition) is 1. The van der Waals surface area contributed by atoms with E-state index in [0.29, 0.717) is 0 Å². The quantitative estimate of drug-likeness (QED) is 0.707. The molecular weight excluding hydrogens is 164 g/mol. The molecule has 1 aromatic carbocycles. The lowest BCUT2D eigenvalue weighted by atomic mass is 9.99. The highest BCUT2D eigenvalue weighted by Crippen LogP contribution is 2.26. The van der Waals surface area contributed by atoms with E-state index in [1.807, 2.05) is 19.9 Å². The second-order valence-electron chi connectivity index (χ2n) is 3.34. The fourth-order valence-corrected chi connectivity index (χ4v) is 1.39. The van der Waals surface area contributed by atoms with E-state index in [2.05, 4.69) is 13.8 Å². The van der Waals surface area contributed by atoms with Crippen LogP contribution in [0.5, 0.6) is 5.75 Å². The van der Waals surface area contributed by atoms with E-state index in [0.717, 1.165) is 11.3 Å². The predicted octanol–water partition coefficient (Wildman–Crippen LogP) is 2.25. The summed E-state index contributed by atoms with van der Waals surface area (Å²) in [6.45, 7) is 7.96. The Bertz CT molecular complexity index is 316. The smallest absolute Gasteiger partial charge is 0.186 e. The third-order valence-corrected chi connectivity index (χ3v) is 2.65. The first kappa shape index (κ1) is 10.1. The van der Waals surface area contributed by atoms with E-state index >= 15 is 0 Å². The van der Waals surface area contributed by atoms with Gasteiger partial charge in [-0.25, -0.2) is 0 Å². The van der Waals surface area contributed by atoms with Crippen molar-refractivity contribution in [2.45, 2.75) is 27.7 Å². The van der Waals surface area contributed by atoms with Crippen LogP contribution in [0.4, 0.5) is 0 Å². The standard InChI is InChI=1S/C11H16O2/c1-7-5-11(13-6-12)10(4)9(3)8(7)2/h5,12H,6H2,1-4H3. The number of aliphatic hydroxyl groups excluding tert-OH is 1. The van der Waals surface area contributed by atoms with E-state index in [4.69, 9.17) is 9.84 Å². The molecule has 0 fully saturated rings. The molecule has 0 aliphatic heterocycles. The maximum atomic E-state index is 8.67. The third kappa shape index (κ3) is 1.83. The average molecular weight is 180 g/mol. The van der Waals surface area contributed by atoms with Crippen LogP contribution < -0.4 is 4.74 Å². The molecule has 0 heterocycles. The fraction of sp³-hybridized carbons (Fsp3) is 0.455. The zero-order chi connectivity index (χ0) is 10.0. The maximum absolute atomic E-state index is 8.67. The van der Waals surface area contributed by atoms with Gasteiger partial charge in [-0.05, 0) is 56.0 Å². The Kier molecular flexibility index (Phi) is 2.94. The third-order valence-electron chi connectivity index (χ3n) is 2.65. The summed E-state index contributed by atoms with van der Waals surface area (Å²) in [6, 6.07) is 1.97. The molecule has 0 radical (unpaired) electrons. The molecule has 2 nitrogen and oxygen atoms in total. The number of benzene rings is 1. The molecule has 2 heteroatoms. The Morgan fingerprint density at radius 3 is 2.23 bits per heavy atom. The largest absolute Gasteiger partial charge is 0.467 e. The molecule has 1 N–H and O–H groups in total. The molecule has 0 unspecified atom stereocenters. The maximum Gasteiger partial charge on any atom is 0.186 e. The molecule has 0 bridgehead atoms. The van der Waals surface area contributed by atoms with Gasteiger partial charge in [-0.2, -0.15) is 0 Å². The monoisotopic (exact) mass is 180 g/mol. The lowest BCUT2D eigenvalue weighted by Gasteiger charge is -2.13. The molecule has 1 rings (SSSR count). The number of aliphatic hydroxyl groups is 1. The minimum atomic E-state index is -0.261. The van der Waals surface area contributed by atoms with Gasteiger partial charge in [0.1, 0.15) is 5.75 Å². The molecule has 0 aliphatic carbocycles. The number of hydrogen-bond acceptors (Lipinski definition) is 2. The molecule has 13 heavy (non-hydrogen) atoms. The van der Waals surface area contributed by atoms with Gasteiger partial charge >= 0.3 is 0 Å². The van der Waals surface area contributed by atoms with Crippen molar-refractivity contribution in [3.05, 3.63) is 28.3 Å². The highest BCUT2D eigenvalue weighted by Gasteiger charge is 2.07. The van der Waals surface area contributed by atoms with E-state index < -0.39 is 0 Å². The van der Waals surface area contributed by atoms with Crippen molar-refractivity contribution in [1.29, 1.82) is 0 Å². The summed E-state index contributed by atoms with van der Waals surface area (Å²) < 4.78 is 5.11. The van der Waals surface area contributed by atoms with Gasteiger partial charge in [0.25, 0.3) is 0 Å². The van der Waals surface area contributed by atoms with Crippen molar-refractivity contribution in [1.82, 2.24) is 0 Å².